The molecular formula is C15H14N2O5S2. The second-order valence-corrected chi connectivity index (χ2v) is 6.71. The van der Waals surface area contributed by atoms with Crippen LogP contribution < -0.4 is 5.73 Å². The molecule has 0 spiro atoms. The lowest BCUT2D eigenvalue weighted by molar-refractivity contribution is -0.146. The number of benzene rings is 1. The molecular weight excluding hydrogens is 352 g/mol. The van der Waals surface area contributed by atoms with Crippen LogP contribution in [0.5, 0.6) is 5.75 Å². The number of carboxylic acid groups (broad SMARTS) is 1. The van der Waals surface area contributed by atoms with Gasteiger partial charge in [-0.15, -0.1) is 0 Å². The molecule has 2 amide bonds. The SMILES string of the molecule is C/C(=C1/SC(=S)N(C(CC(N)=O)C(=O)O)C1=O)c1ccc(O)cc1. The number of hydrogen-bond donors (Lipinski definition) is 3. The van der Waals surface area contributed by atoms with Crippen LogP contribution in [0, 0.1) is 0 Å². The van der Waals surface area contributed by atoms with Crippen LogP contribution in [0.15, 0.2) is 29.2 Å². The van der Waals surface area contributed by atoms with Crippen LogP contribution in [0.4, 0.5) is 0 Å². The largest absolute Gasteiger partial charge is 0.508 e. The van der Waals surface area contributed by atoms with Gasteiger partial charge < -0.3 is 15.9 Å². The molecule has 4 N–H and O–H groups in total. The number of aliphatic carboxylic acids is 1. The maximum atomic E-state index is 12.6. The van der Waals surface area contributed by atoms with Gasteiger partial charge in [-0.2, -0.15) is 0 Å². The number of aromatic hydroxyl groups is 1. The normalized spacial score (nSPS) is 17.8. The Hall–Kier alpha value is -2.39. The second-order valence-electron chi connectivity index (χ2n) is 5.07. The number of nitrogens with zero attached hydrogens (tertiary/aromatic N) is 1. The molecule has 1 aromatic carbocycles. The number of carboxylic acids is 1. The monoisotopic (exact) mass is 366 g/mol. The summed E-state index contributed by atoms with van der Waals surface area (Å²) in [5.41, 5.74) is 6.35. The number of allylic oxidation sites excluding steroid dienone is 1. The zero-order valence-electron chi connectivity index (χ0n) is 12.6. The predicted octanol–water partition coefficient (Wildman–Crippen LogP) is 1.31. The van der Waals surface area contributed by atoms with E-state index in [1.807, 2.05) is 0 Å². The average Bonchev–Trinajstić information content (AvgIpc) is 2.79. The number of thiocarbonyl (C=S) groups is 1. The standard InChI is InChI=1S/C15H14N2O5S2/c1-7(8-2-4-9(18)5-3-8)12-13(20)17(15(23)24-12)10(14(21)22)6-11(16)19/h2-5,10,18H,6H2,1H3,(H2,16,19)(H,21,22)/b12-7-. The van der Waals surface area contributed by atoms with Crippen LogP contribution in [-0.4, -0.2) is 43.3 Å². The molecule has 1 aliphatic heterocycles. The van der Waals surface area contributed by atoms with Crippen molar-refractivity contribution in [2.45, 2.75) is 19.4 Å². The Morgan fingerprint density at radius 1 is 1.33 bits per heavy atom. The minimum Gasteiger partial charge on any atom is -0.508 e. The van der Waals surface area contributed by atoms with Gasteiger partial charge in [0.05, 0.1) is 11.3 Å². The van der Waals surface area contributed by atoms with E-state index in [-0.39, 0.29) is 15.0 Å². The Bertz CT molecular complexity index is 758. The molecule has 0 saturated carbocycles. The minimum absolute atomic E-state index is 0.0572. The van der Waals surface area contributed by atoms with E-state index in [1.165, 1.54) is 12.1 Å². The van der Waals surface area contributed by atoms with Crippen molar-refractivity contribution >= 4 is 51.7 Å². The highest BCUT2D eigenvalue weighted by Crippen LogP contribution is 2.38. The Balaban J connectivity index is 2.40. The molecule has 2 rings (SSSR count). The van der Waals surface area contributed by atoms with Gasteiger partial charge >= 0.3 is 5.97 Å². The third-order valence-electron chi connectivity index (χ3n) is 3.43. The lowest BCUT2D eigenvalue weighted by atomic mass is 10.1. The fraction of sp³-hybridized carbons (Fsp3) is 0.200. The van der Waals surface area contributed by atoms with E-state index in [0.29, 0.717) is 11.1 Å². The summed E-state index contributed by atoms with van der Waals surface area (Å²) in [7, 11) is 0. The number of phenolic OH excluding ortho intramolecular Hbond substituents is 1. The number of rotatable bonds is 5. The summed E-state index contributed by atoms with van der Waals surface area (Å²) >= 11 is 6.08. The maximum absolute atomic E-state index is 12.6. The fourth-order valence-corrected chi connectivity index (χ4v) is 3.60. The van der Waals surface area contributed by atoms with Crippen LogP contribution in [0.1, 0.15) is 18.9 Å². The van der Waals surface area contributed by atoms with E-state index in [4.69, 9.17) is 18.0 Å². The first-order valence-electron chi connectivity index (χ1n) is 6.79. The van der Waals surface area contributed by atoms with Gasteiger partial charge in [-0.3, -0.25) is 14.5 Å². The fourth-order valence-electron chi connectivity index (χ4n) is 2.20. The lowest BCUT2D eigenvalue weighted by Crippen LogP contribution is -2.46. The van der Waals surface area contributed by atoms with Crippen molar-refractivity contribution in [2.75, 3.05) is 0 Å². The van der Waals surface area contributed by atoms with Gasteiger partial charge in [0.25, 0.3) is 5.91 Å². The molecule has 0 radical (unpaired) electrons. The Morgan fingerprint density at radius 3 is 2.42 bits per heavy atom. The molecule has 0 bridgehead atoms. The number of nitrogens with two attached hydrogens (primary N) is 1. The molecule has 1 aliphatic rings. The minimum atomic E-state index is -1.43. The number of carbonyl (C=O) groups excluding carboxylic acids is 2. The molecule has 0 aliphatic carbocycles. The van der Waals surface area contributed by atoms with Crippen molar-refractivity contribution in [2.24, 2.45) is 5.73 Å². The van der Waals surface area contributed by atoms with Gasteiger partial charge in [-0.05, 0) is 30.2 Å². The van der Waals surface area contributed by atoms with Gasteiger partial charge in [-0.25, -0.2) is 4.79 Å². The number of amides is 2. The zero-order valence-corrected chi connectivity index (χ0v) is 14.2. The van der Waals surface area contributed by atoms with Crippen molar-refractivity contribution in [1.82, 2.24) is 4.90 Å². The summed E-state index contributed by atoms with van der Waals surface area (Å²) in [5, 5.41) is 18.6. The molecule has 1 unspecified atom stereocenters. The van der Waals surface area contributed by atoms with Crippen LogP contribution in [0.3, 0.4) is 0 Å². The highest BCUT2D eigenvalue weighted by atomic mass is 32.2. The van der Waals surface area contributed by atoms with E-state index in [1.54, 1.807) is 19.1 Å². The summed E-state index contributed by atoms with van der Waals surface area (Å²) in [6.07, 6.45) is -0.521. The molecule has 1 fully saturated rings. The van der Waals surface area contributed by atoms with E-state index in [2.05, 4.69) is 0 Å². The Labute approximate surface area is 147 Å². The van der Waals surface area contributed by atoms with Crippen LogP contribution in [0.2, 0.25) is 0 Å². The van der Waals surface area contributed by atoms with Crippen molar-refractivity contribution < 1.29 is 24.6 Å². The van der Waals surface area contributed by atoms with Crippen molar-refractivity contribution in [3.63, 3.8) is 0 Å². The molecule has 1 heterocycles. The van der Waals surface area contributed by atoms with Crippen LogP contribution in [-0.2, 0) is 14.4 Å². The molecule has 0 aromatic heterocycles. The zero-order chi connectivity index (χ0) is 18.0. The molecule has 1 atom stereocenters. The summed E-state index contributed by atoms with van der Waals surface area (Å²) < 4.78 is 0.0572. The van der Waals surface area contributed by atoms with Crippen LogP contribution in [0.25, 0.3) is 5.57 Å². The predicted molar refractivity (Wildman–Crippen MR) is 93.0 cm³/mol. The smallest absolute Gasteiger partial charge is 0.327 e. The average molecular weight is 366 g/mol. The van der Waals surface area contributed by atoms with E-state index < -0.39 is 30.2 Å². The molecule has 126 valence electrons. The summed E-state index contributed by atoms with van der Waals surface area (Å²) in [5.74, 6) is -2.68. The number of carbonyl (C=O) groups is 3. The molecule has 24 heavy (non-hydrogen) atoms. The number of phenols is 1. The Kier molecular flexibility index (Phi) is 5.25. The van der Waals surface area contributed by atoms with Crippen molar-refractivity contribution in [1.29, 1.82) is 0 Å². The van der Waals surface area contributed by atoms with Gasteiger partial charge in [0.2, 0.25) is 5.91 Å². The molecule has 1 aromatic rings. The van der Waals surface area contributed by atoms with E-state index in [9.17, 15) is 24.6 Å². The first kappa shape index (κ1) is 18.0. The van der Waals surface area contributed by atoms with Crippen LogP contribution >= 0.6 is 24.0 Å². The van der Waals surface area contributed by atoms with E-state index >= 15 is 0 Å². The second kappa shape index (κ2) is 7.02. The first-order chi connectivity index (χ1) is 11.2. The summed E-state index contributed by atoms with van der Waals surface area (Å²) in [4.78, 5) is 36.3. The van der Waals surface area contributed by atoms with E-state index in [0.717, 1.165) is 16.7 Å². The third kappa shape index (κ3) is 3.57. The highest BCUT2D eigenvalue weighted by Gasteiger charge is 2.42. The topological polar surface area (TPSA) is 121 Å². The summed E-state index contributed by atoms with van der Waals surface area (Å²) in [6.45, 7) is 1.70. The number of hydrogen-bond acceptors (Lipinski definition) is 6. The molecule has 1 saturated heterocycles. The van der Waals surface area contributed by atoms with Gasteiger partial charge in [0.15, 0.2) is 0 Å². The number of primary amides is 1. The van der Waals surface area contributed by atoms with Gasteiger partial charge in [0, 0.05) is 0 Å². The Morgan fingerprint density at radius 2 is 1.92 bits per heavy atom. The summed E-state index contributed by atoms with van der Waals surface area (Å²) in [6, 6.07) is 4.80. The van der Waals surface area contributed by atoms with Gasteiger partial charge in [0.1, 0.15) is 16.1 Å². The maximum Gasteiger partial charge on any atom is 0.327 e. The van der Waals surface area contributed by atoms with Crippen molar-refractivity contribution in [3.8, 4) is 5.75 Å². The molecule has 7 nitrogen and oxygen atoms in total. The van der Waals surface area contributed by atoms with Gasteiger partial charge in [-0.1, -0.05) is 36.1 Å². The number of thioether (sulfide) groups is 1. The lowest BCUT2D eigenvalue weighted by Gasteiger charge is -2.21. The highest BCUT2D eigenvalue weighted by molar-refractivity contribution is 8.26. The first-order valence-corrected chi connectivity index (χ1v) is 8.01. The quantitative estimate of drug-likeness (QED) is 0.531. The van der Waals surface area contributed by atoms with Crippen molar-refractivity contribution in [3.05, 3.63) is 34.7 Å². The third-order valence-corrected chi connectivity index (χ3v) is 4.93. The molecule has 9 heteroatoms.